The largest absolute Gasteiger partial charge is 0.493 e. The minimum atomic E-state index is -0.437. The molecule has 0 saturated carbocycles. The summed E-state index contributed by atoms with van der Waals surface area (Å²) in [6.45, 7) is 7.02. The first-order chi connectivity index (χ1) is 14.4. The standard InChI is InChI=1S/C22H27N3O4S/c1-4-13-28-18-11-7-6-10-17(18)21(27)24-25-22(30)23-20(26)16-9-5-8-12-19(16)29-14-15(2)3/h5-12,15H,4,13-14H2,1-3H3,(H,24,27)(H2,23,25,26,30). The predicted molar refractivity (Wildman–Crippen MR) is 120 cm³/mol. The summed E-state index contributed by atoms with van der Waals surface area (Å²) >= 11 is 5.12. The summed E-state index contributed by atoms with van der Waals surface area (Å²) in [5.41, 5.74) is 5.72. The number of benzene rings is 2. The van der Waals surface area contributed by atoms with Gasteiger partial charge in [0.2, 0.25) is 0 Å². The molecule has 2 aromatic carbocycles. The minimum Gasteiger partial charge on any atom is -0.493 e. The van der Waals surface area contributed by atoms with Crippen LogP contribution in [0.15, 0.2) is 48.5 Å². The van der Waals surface area contributed by atoms with Crippen LogP contribution in [0, 0.1) is 5.92 Å². The molecular formula is C22H27N3O4S. The third kappa shape index (κ3) is 7.04. The Morgan fingerprint density at radius 2 is 1.47 bits per heavy atom. The predicted octanol–water partition coefficient (Wildman–Crippen LogP) is 3.46. The van der Waals surface area contributed by atoms with Gasteiger partial charge >= 0.3 is 0 Å². The third-order valence-corrected chi connectivity index (χ3v) is 4.02. The number of para-hydroxylation sites is 2. The van der Waals surface area contributed by atoms with Gasteiger partial charge in [0.15, 0.2) is 5.11 Å². The van der Waals surface area contributed by atoms with E-state index in [-0.39, 0.29) is 5.11 Å². The van der Waals surface area contributed by atoms with Crippen LogP contribution in [0.3, 0.4) is 0 Å². The number of carbonyl (C=O) groups excluding carboxylic acids is 2. The fraction of sp³-hybridized carbons (Fsp3) is 0.318. The van der Waals surface area contributed by atoms with Crippen molar-refractivity contribution in [2.24, 2.45) is 5.92 Å². The molecule has 0 heterocycles. The molecule has 0 saturated heterocycles. The molecule has 0 atom stereocenters. The summed E-state index contributed by atoms with van der Waals surface area (Å²) in [4.78, 5) is 25.0. The van der Waals surface area contributed by atoms with Gasteiger partial charge in [-0.3, -0.25) is 25.8 Å². The second-order valence-electron chi connectivity index (χ2n) is 6.91. The van der Waals surface area contributed by atoms with Gasteiger partial charge in [0.05, 0.1) is 24.3 Å². The SMILES string of the molecule is CCCOc1ccccc1C(=O)NNC(=S)NC(=O)c1ccccc1OCC(C)C. The van der Waals surface area contributed by atoms with Crippen molar-refractivity contribution >= 4 is 29.1 Å². The van der Waals surface area contributed by atoms with E-state index in [1.54, 1.807) is 48.5 Å². The van der Waals surface area contributed by atoms with Crippen LogP contribution in [-0.2, 0) is 0 Å². The first-order valence-electron chi connectivity index (χ1n) is 9.77. The number of hydrogen-bond donors (Lipinski definition) is 3. The molecule has 0 aliphatic carbocycles. The Bertz CT molecular complexity index is 886. The highest BCUT2D eigenvalue weighted by atomic mass is 32.1. The van der Waals surface area contributed by atoms with E-state index in [9.17, 15) is 9.59 Å². The molecule has 0 aliphatic heterocycles. The van der Waals surface area contributed by atoms with Gasteiger partial charge in [0.25, 0.3) is 11.8 Å². The lowest BCUT2D eigenvalue weighted by molar-refractivity contribution is 0.0930. The number of nitrogens with one attached hydrogen (secondary N) is 3. The molecule has 2 aromatic rings. The number of carbonyl (C=O) groups is 2. The molecule has 30 heavy (non-hydrogen) atoms. The molecule has 0 radical (unpaired) electrons. The van der Waals surface area contributed by atoms with Crippen molar-refractivity contribution in [3.8, 4) is 11.5 Å². The zero-order chi connectivity index (χ0) is 21.9. The van der Waals surface area contributed by atoms with Gasteiger partial charge in [-0.1, -0.05) is 45.0 Å². The van der Waals surface area contributed by atoms with Crippen molar-refractivity contribution in [3.05, 3.63) is 59.7 Å². The average molecular weight is 430 g/mol. The van der Waals surface area contributed by atoms with Crippen LogP contribution in [0.2, 0.25) is 0 Å². The molecular weight excluding hydrogens is 402 g/mol. The molecule has 3 N–H and O–H groups in total. The summed E-state index contributed by atoms with van der Waals surface area (Å²) in [7, 11) is 0. The average Bonchev–Trinajstić information content (AvgIpc) is 2.74. The van der Waals surface area contributed by atoms with Crippen molar-refractivity contribution in [1.82, 2.24) is 16.2 Å². The third-order valence-electron chi connectivity index (χ3n) is 3.81. The zero-order valence-electron chi connectivity index (χ0n) is 17.4. The van der Waals surface area contributed by atoms with Crippen LogP contribution < -0.4 is 25.6 Å². The molecule has 0 aliphatic rings. The normalized spacial score (nSPS) is 10.3. The molecule has 0 aromatic heterocycles. The Balaban J connectivity index is 1.94. The summed E-state index contributed by atoms with van der Waals surface area (Å²) in [5.74, 6) is 0.400. The number of hydrazine groups is 1. The lowest BCUT2D eigenvalue weighted by Gasteiger charge is -2.15. The van der Waals surface area contributed by atoms with Crippen molar-refractivity contribution in [1.29, 1.82) is 0 Å². The summed E-state index contributed by atoms with van der Waals surface area (Å²) < 4.78 is 11.3. The molecule has 0 fully saturated rings. The van der Waals surface area contributed by atoms with E-state index in [0.717, 1.165) is 6.42 Å². The van der Waals surface area contributed by atoms with Gasteiger partial charge < -0.3 is 9.47 Å². The Labute approximate surface area is 182 Å². The molecule has 2 rings (SSSR count). The van der Waals surface area contributed by atoms with Crippen LogP contribution in [0.1, 0.15) is 47.9 Å². The molecule has 0 unspecified atom stereocenters. The van der Waals surface area contributed by atoms with E-state index in [4.69, 9.17) is 21.7 Å². The molecule has 7 nitrogen and oxygen atoms in total. The summed E-state index contributed by atoms with van der Waals surface area (Å²) in [5, 5.41) is 2.49. The summed E-state index contributed by atoms with van der Waals surface area (Å²) in [6.07, 6.45) is 0.826. The quantitative estimate of drug-likeness (QED) is 0.440. The first-order valence-corrected chi connectivity index (χ1v) is 10.2. The van der Waals surface area contributed by atoms with Gasteiger partial charge in [-0.05, 0) is 48.8 Å². The second-order valence-corrected chi connectivity index (χ2v) is 7.32. The number of thiocarbonyl (C=S) groups is 1. The van der Waals surface area contributed by atoms with Crippen molar-refractivity contribution in [2.45, 2.75) is 27.2 Å². The van der Waals surface area contributed by atoms with Crippen molar-refractivity contribution in [3.63, 3.8) is 0 Å². The van der Waals surface area contributed by atoms with E-state index in [2.05, 4.69) is 16.2 Å². The molecule has 0 spiro atoms. The Morgan fingerprint density at radius 1 is 0.900 bits per heavy atom. The first kappa shape index (κ1) is 23.2. The Kier molecular flexibility index (Phi) is 9.08. The number of hydrogen-bond acceptors (Lipinski definition) is 5. The van der Waals surface area contributed by atoms with Gasteiger partial charge in [-0.25, -0.2) is 0 Å². The maximum absolute atomic E-state index is 12.6. The van der Waals surface area contributed by atoms with E-state index in [1.165, 1.54) is 0 Å². The lowest BCUT2D eigenvalue weighted by atomic mass is 10.2. The van der Waals surface area contributed by atoms with Gasteiger partial charge in [0.1, 0.15) is 11.5 Å². The minimum absolute atomic E-state index is 0.0426. The molecule has 0 bridgehead atoms. The highest BCUT2D eigenvalue weighted by molar-refractivity contribution is 7.80. The Hall–Kier alpha value is -3.13. The molecule has 160 valence electrons. The monoisotopic (exact) mass is 429 g/mol. The number of amides is 2. The number of ether oxygens (including phenoxy) is 2. The van der Waals surface area contributed by atoms with E-state index >= 15 is 0 Å². The van der Waals surface area contributed by atoms with Crippen LogP contribution in [-0.4, -0.2) is 30.1 Å². The van der Waals surface area contributed by atoms with E-state index in [1.807, 2.05) is 20.8 Å². The van der Waals surface area contributed by atoms with Crippen LogP contribution in [0.25, 0.3) is 0 Å². The Morgan fingerprint density at radius 3 is 2.07 bits per heavy atom. The van der Waals surface area contributed by atoms with Gasteiger partial charge in [-0.2, -0.15) is 0 Å². The van der Waals surface area contributed by atoms with Gasteiger partial charge in [0, 0.05) is 0 Å². The van der Waals surface area contributed by atoms with E-state index < -0.39 is 11.8 Å². The topological polar surface area (TPSA) is 88.7 Å². The van der Waals surface area contributed by atoms with Crippen LogP contribution >= 0.6 is 12.2 Å². The van der Waals surface area contributed by atoms with Crippen molar-refractivity contribution < 1.29 is 19.1 Å². The van der Waals surface area contributed by atoms with Crippen LogP contribution in [0.4, 0.5) is 0 Å². The lowest BCUT2D eigenvalue weighted by Crippen LogP contribution is -2.48. The molecule has 2 amide bonds. The smallest absolute Gasteiger partial charge is 0.273 e. The highest BCUT2D eigenvalue weighted by Crippen LogP contribution is 2.19. The number of rotatable bonds is 8. The molecule has 8 heteroatoms. The van der Waals surface area contributed by atoms with Gasteiger partial charge in [-0.15, -0.1) is 0 Å². The maximum atomic E-state index is 12.6. The zero-order valence-corrected chi connectivity index (χ0v) is 18.2. The summed E-state index contributed by atoms with van der Waals surface area (Å²) in [6, 6.07) is 13.8. The van der Waals surface area contributed by atoms with E-state index in [0.29, 0.717) is 41.8 Å². The van der Waals surface area contributed by atoms with Crippen molar-refractivity contribution in [2.75, 3.05) is 13.2 Å². The van der Waals surface area contributed by atoms with Crippen LogP contribution in [0.5, 0.6) is 11.5 Å². The fourth-order valence-corrected chi connectivity index (χ4v) is 2.55. The highest BCUT2D eigenvalue weighted by Gasteiger charge is 2.15. The maximum Gasteiger partial charge on any atom is 0.273 e. The second kappa shape index (κ2) is 11.8. The fourth-order valence-electron chi connectivity index (χ4n) is 2.41.